The Morgan fingerprint density at radius 3 is 2.83 bits per heavy atom. The van der Waals surface area contributed by atoms with Crippen molar-refractivity contribution < 1.29 is 4.79 Å². The molecular weight excluding hydrogens is 288 g/mol. The molecule has 2 aromatic rings. The van der Waals surface area contributed by atoms with Gasteiger partial charge >= 0.3 is 0 Å². The predicted octanol–water partition coefficient (Wildman–Crippen LogP) is 4.11. The van der Waals surface area contributed by atoms with Crippen LogP contribution in [0.2, 0.25) is 0 Å². The second kappa shape index (κ2) is 6.77. The summed E-state index contributed by atoms with van der Waals surface area (Å²) in [5.41, 5.74) is 5.65. The van der Waals surface area contributed by atoms with Gasteiger partial charge in [0.25, 0.3) is 0 Å². The van der Waals surface area contributed by atoms with Gasteiger partial charge in [0.05, 0.1) is 11.7 Å². The van der Waals surface area contributed by atoms with Crippen LogP contribution >= 0.6 is 0 Å². The molecule has 1 aromatic carbocycles. The van der Waals surface area contributed by atoms with Crippen molar-refractivity contribution in [3.8, 4) is 0 Å². The van der Waals surface area contributed by atoms with Crippen molar-refractivity contribution in [2.24, 2.45) is 4.99 Å². The monoisotopic (exact) mass is 310 g/mol. The van der Waals surface area contributed by atoms with Crippen LogP contribution in [0.5, 0.6) is 0 Å². The Hall–Kier alpha value is -2.43. The van der Waals surface area contributed by atoms with Crippen molar-refractivity contribution in [1.82, 2.24) is 10.4 Å². The summed E-state index contributed by atoms with van der Waals surface area (Å²) < 4.78 is 0. The number of carbonyl (C=O) groups is 1. The first-order valence-corrected chi connectivity index (χ1v) is 8.29. The van der Waals surface area contributed by atoms with Crippen LogP contribution in [-0.4, -0.2) is 16.7 Å². The average molecular weight is 310 g/mol. The zero-order valence-electron chi connectivity index (χ0n) is 13.7. The van der Waals surface area contributed by atoms with Crippen molar-refractivity contribution in [2.45, 2.75) is 46.0 Å². The number of pyridine rings is 1. The van der Waals surface area contributed by atoms with Gasteiger partial charge in [0, 0.05) is 18.2 Å². The third kappa shape index (κ3) is 3.04. The Kier molecular flexibility index (Phi) is 4.55. The van der Waals surface area contributed by atoms with Crippen LogP contribution in [0.4, 0.5) is 11.4 Å². The van der Waals surface area contributed by atoms with E-state index in [1.165, 1.54) is 0 Å². The lowest BCUT2D eigenvalue weighted by Gasteiger charge is -2.30. The van der Waals surface area contributed by atoms with E-state index in [0.717, 1.165) is 53.8 Å². The van der Waals surface area contributed by atoms with Crippen LogP contribution in [-0.2, 0) is 4.79 Å². The van der Waals surface area contributed by atoms with Crippen molar-refractivity contribution >= 4 is 34.0 Å². The second-order valence-corrected chi connectivity index (χ2v) is 5.72. The molecule has 0 bridgehead atoms. The number of amides is 1. The largest absolute Gasteiger partial charge is 0.278 e. The minimum atomic E-state index is 0.0329. The van der Waals surface area contributed by atoms with E-state index in [9.17, 15) is 4.79 Å². The highest BCUT2D eigenvalue weighted by Gasteiger charge is 2.25. The molecule has 120 valence electrons. The van der Waals surface area contributed by atoms with Crippen molar-refractivity contribution in [2.75, 3.05) is 5.01 Å². The van der Waals surface area contributed by atoms with Gasteiger partial charge < -0.3 is 0 Å². The van der Waals surface area contributed by atoms with E-state index >= 15 is 0 Å². The summed E-state index contributed by atoms with van der Waals surface area (Å²) >= 11 is 0. The average Bonchev–Trinajstić information content (AvgIpc) is 2.60. The van der Waals surface area contributed by atoms with E-state index in [1.807, 2.05) is 31.2 Å². The normalized spacial score (nSPS) is 13.5. The van der Waals surface area contributed by atoms with E-state index in [-0.39, 0.29) is 5.91 Å². The molecule has 0 saturated carbocycles. The van der Waals surface area contributed by atoms with E-state index in [2.05, 4.69) is 22.3 Å². The number of amidine groups is 1. The molecule has 5 heteroatoms. The summed E-state index contributed by atoms with van der Waals surface area (Å²) in [5, 5.41) is 2.59. The fourth-order valence-corrected chi connectivity index (χ4v) is 2.79. The van der Waals surface area contributed by atoms with Crippen LogP contribution in [0, 0.1) is 0 Å². The molecular formula is C18H22N4O. The molecule has 1 aliphatic heterocycles. The number of rotatable bonds is 5. The maximum atomic E-state index is 12.4. The van der Waals surface area contributed by atoms with Gasteiger partial charge in [-0.15, -0.1) is 0 Å². The Balaban J connectivity index is 2.06. The summed E-state index contributed by atoms with van der Waals surface area (Å²) in [7, 11) is 0. The highest BCUT2D eigenvalue weighted by atomic mass is 16.2. The third-order valence-electron chi connectivity index (χ3n) is 4.02. The van der Waals surface area contributed by atoms with Gasteiger partial charge in [-0.1, -0.05) is 44.9 Å². The molecule has 0 fully saturated rings. The fraction of sp³-hybridized carbons (Fsp3) is 0.389. The number of hydrogen-bond donors (Lipinski definition) is 1. The highest BCUT2D eigenvalue weighted by molar-refractivity contribution is 6.10. The lowest BCUT2D eigenvalue weighted by Crippen LogP contribution is -2.48. The molecule has 1 N–H and O–H groups in total. The van der Waals surface area contributed by atoms with Crippen LogP contribution in [0.1, 0.15) is 46.0 Å². The van der Waals surface area contributed by atoms with Crippen molar-refractivity contribution in [3.05, 3.63) is 30.5 Å². The molecule has 1 amide bonds. The van der Waals surface area contributed by atoms with Crippen LogP contribution in [0.25, 0.3) is 10.9 Å². The predicted molar refractivity (Wildman–Crippen MR) is 93.9 cm³/mol. The van der Waals surface area contributed by atoms with E-state index in [1.54, 1.807) is 11.2 Å². The van der Waals surface area contributed by atoms with Gasteiger partial charge in [0.1, 0.15) is 17.2 Å². The van der Waals surface area contributed by atoms with Crippen LogP contribution in [0.3, 0.4) is 0 Å². The number of aliphatic imine (C=N–C) groups is 1. The summed E-state index contributed by atoms with van der Waals surface area (Å²) in [6, 6.07) is 7.84. The summed E-state index contributed by atoms with van der Waals surface area (Å²) in [4.78, 5) is 21.6. The standard InChI is InChI=1S/C18H22N4O/c1-3-5-6-11-16-20-15-12-19-14-10-8-7-9-13(14)18(15)22(21-16)17(23)4-2/h7-10,12H,3-6,11H2,1-2H3,(H,20,21). The molecule has 0 saturated heterocycles. The van der Waals surface area contributed by atoms with Crippen molar-refractivity contribution in [1.29, 1.82) is 0 Å². The molecule has 2 heterocycles. The first kappa shape index (κ1) is 15.5. The molecule has 0 spiro atoms. The van der Waals surface area contributed by atoms with Crippen LogP contribution < -0.4 is 10.4 Å². The first-order chi connectivity index (χ1) is 11.2. The smallest absolute Gasteiger partial charge is 0.245 e. The molecule has 0 unspecified atom stereocenters. The van der Waals surface area contributed by atoms with Gasteiger partial charge in [-0.2, -0.15) is 0 Å². The Bertz CT molecular complexity index is 754. The molecule has 3 rings (SSSR count). The zero-order chi connectivity index (χ0) is 16.2. The minimum absolute atomic E-state index is 0.0329. The van der Waals surface area contributed by atoms with Gasteiger partial charge in [-0.25, -0.2) is 10.0 Å². The van der Waals surface area contributed by atoms with Crippen LogP contribution in [0.15, 0.2) is 35.5 Å². The fourth-order valence-electron chi connectivity index (χ4n) is 2.79. The summed E-state index contributed by atoms with van der Waals surface area (Å²) in [6.07, 6.45) is 6.42. The minimum Gasteiger partial charge on any atom is -0.278 e. The summed E-state index contributed by atoms with van der Waals surface area (Å²) in [6.45, 7) is 4.05. The molecule has 1 aromatic heterocycles. The van der Waals surface area contributed by atoms with Crippen molar-refractivity contribution in [3.63, 3.8) is 0 Å². The van der Waals surface area contributed by atoms with Gasteiger partial charge in [-0.3, -0.25) is 15.2 Å². The SMILES string of the molecule is CCCCCC1=Nc2cnc3ccccc3c2N(C(=O)CC)N1. The Labute approximate surface area is 136 Å². The number of hydrogen-bond acceptors (Lipinski definition) is 4. The number of nitrogens with one attached hydrogen (secondary N) is 1. The lowest BCUT2D eigenvalue weighted by atomic mass is 10.1. The topological polar surface area (TPSA) is 57.6 Å². The van der Waals surface area contributed by atoms with Gasteiger partial charge in [-0.05, 0) is 12.5 Å². The third-order valence-corrected chi connectivity index (χ3v) is 4.02. The number of para-hydroxylation sites is 1. The maximum absolute atomic E-state index is 12.4. The van der Waals surface area contributed by atoms with E-state index < -0.39 is 0 Å². The molecule has 5 nitrogen and oxygen atoms in total. The number of aromatic nitrogens is 1. The number of fused-ring (bicyclic) bond motifs is 3. The van der Waals surface area contributed by atoms with E-state index in [0.29, 0.717) is 6.42 Å². The zero-order valence-corrected chi connectivity index (χ0v) is 13.7. The first-order valence-electron chi connectivity index (χ1n) is 8.29. The molecule has 23 heavy (non-hydrogen) atoms. The number of hydrazine groups is 1. The highest BCUT2D eigenvalue weighted by Crippen LogP contribution is 2.37. The maximum Gasteiger partial charge on any atom is 0.245 e. The summed E-state index contributed by atoms with van der Waals surface area (Å²) in [5.74, 6) is 0.871. The number of anilines is 1. The number of carbonyl (C=O) groups excluding carboxylic acids is 1. The molecule has 0 aliphatic carbocycles. The quantitative estimate of drug-likeness (QED) is 0.846. The molecule has 1 aliphatic rings. The number of nitrogens with zero attached hydrogens (tertiary/aromatic N) is 3. The van der Waals surface area contributed by atoms with E-state index in [4.69, 9.17) is 0 Å². The molecule has 0 radical (unpaired) electrons. The number of unbranched alkanes of at least 4 members (excludes halogenated alkanes) is 2. The Morgan fingerprint density at radius 1 is 1.22 bits per heavy atom. The Morgan fingerprint density at radius 2 is 2.04 bits per heavy atom. The van der Waals surface area contributed by atoms with Gasteiger partial charge in [0.15, 0.2) is 0 Å². The number of benzene rings is 1. The molecule has 0 atom stereocenters. The van der Waals surface area contributed by atoms with Gasteiger partial charge in [0.2, 0.25) is 5.91 Å². The second-order valence-electron chi connectivity index (χ2n) is 5.72. The lowest BCUT2D eigenvalue weighted by molar-refractivity contribution is -0.118.